The van der Waals surface area contributed by atoms with Crippen LogP contribution in [-0.2, 0) is 47.8 Å². The first-order chi connectivity index (χ1) is 21.5. The molecule has 21 heteroatoms. The second-order valence-electron chi connectivity index (χ2n) is 9.95. The van der Waals surface area contributed by atoms with Gasteiger partial charge in [0, 0.05) is 39.3 Å². The van der Waals surface area contributed by atoms with Gasteiger partial charge in [0.15, 0.2) is 0 Å². The lowest BCUT2D eigenvalue weighted by Gasteiger charge is -2.24. The minimum Gasteiger partial charge on any atom is -0.480 e. The van der Waals surface area contributed by atoms with Crippen molar-refractivity contribution < 1.29 is 78.5 Å². The van der Waals surface area contributed by atoms with Crippen LogP contribution in [0.25, 0.3) is 0 Å². The van der Waals surface area contributed by atoms with Gasteiger partial charge in [0.25, 0.3) is 0 Å². The number of rotatable bonds is 28. The van der Waals surface area contributed by atoms with E-state index in [0.29, 0.717) is 0 Å². The van der Waals surface area contributed by atoms with E-state index in [4.69, 9.17) is 40.1 Å². The molecule has 0 aromatic carbocycles. The first-order valence-corrected chi connectivity index (χ1v) is 13.7. The molecule has 46 heavy (non-hydrogen) atoms. The van der Waals surface area contributed by atoms with Crippen LogP contribution in [0.3, 0.4) is 0 Å². The molecular weight excluding hydrogens is 626 g/mol. The zero-order valence-electron chi connectivity index (χ0n) is 25.3. The fourth-order valence-electron chi connectivity index (χ4n) is 3.77. The summed E-state index contributed by atoms with van der Waals surface area (Å²) in [5, 5.41) is 53.9. The molecule has 0 saturated carbocycles. The summed E-state index contributed by atoms with van der Waals surface area (Å²) < 4.78 is 10.2. The molecule has 0 aromatic rings. The molecular formula is C25H41N5O16. The maximum absolute atomic E-state index is 12.2. The van der Waals surface area contributed by atoms with E-state index in [1.165, 1.54) is 0 Å². The summed E-state index contributed by atoms with van der Waals surface area (Å²) in [6.45, 7) is -4.87. The van der Waals surface area contributed by atoms with Gasteiger partial charge in [-0.2, -0.15) is 0 Å². The molecule has 0 bridgehead atoms. The monoisotopic (exact) mass is 667 g/mol. The van der Waals surface area contributed by atoms with Crippen LogP contribution in [0.4, 0.5) is 0 Å². The number of carbonyl (C=O) groups excluding carboxylic acids is 2. The van der Waals surface area contributed by atoms with Gasteiger partial charge in [0.05, 0.1) is 52.4 Å². The number of aliphatic carboxylic acids is 6. The molecule has 21 nitrogen and oxygen atoms in total. The average Bonchev–Trinajstić information content (AvgIpc) is 2.88. The van der Waals surface area contributed by atoms with Crippen LogP contribution in [0.5, 0.6) is 0 Å². The van der Waals surface area contributed by atoms with Crippen molar-refractivity contribution in [2.45, 2.75) is 0 Å². The van der Waals surface area contributed by atoms with Crippen LogP contribution in [0.15, 0.2) is 0 Å². The third-order valence-corrected chi connectivity index (χ3v) is 5.80. The molecule has 0 aliphatic carbocycles. The molecule has 0 unspecified atom stereocenters. The van der Waals surface area contributed by atoms with Crippen LogP contribution in [0, 0.1) is 0 Å². The van der Waals surface area contributed by atoms with Gasteiger partial charge in [-0.3, -0.25) is 62.9 Å². The number of carboxylic acid groups (broad SMARTS) is 6. The van der Waals surface area contributed by atoms with Gasteiger partial charge in [-0.05, 0) is 7.05 Å². The van der Waals surface area contributed by atoms with Crippen molar-refractivity contribution in [3.63, 3.8) is 0 Å². The van der Waals surface area contributed by atoms with E-state index < -0.39 is 100 Å². The second kappa shape index (κ2) is 23.0. The predicted octanol–water partition coefficient (Wildman–Crippen LogP) is -4.28. The molecule has 0 aromatic heterocycles. The lowest BCUT2D eigenvalue weighted by Crippen LogP contribution is -2.44. The minimum atomic E-state index is -1.28. The molecule has 0 saturated heterocycles. The molecule has 0 radical (unpaired) electrons. The quantitative estimate of drug-likeness (QED) is 0.0430. The van der Waals surface area contributed by atoms with Crippen molar-refractivity contribution >= 4 is 47.8 Å². The highest BCUT2D eigenvalue weighted by atomic mass is 16.5. The van der Waals surface area contributed by atoms with Gasteiger partial charge in [0.1, 0.15) is 13.2 Å². The molecule has 0 amide bonds. The maximum Gasteiger partial charge on any atom is 0.320 e. The smallest absolute Gasteiger partial charge is 0.320 e. The van der Waals surface area contributed by atoms with Gasteiger partial charge in [-0.1, -0.05) is 0 Å². The van der Waals surface area contributed by atoms with Crippen molar-refractivity contribution in [2.24, 2.45) is 0 Å². The molecule has 262 valence electrons. The summed E-state index contributed by atoms with van der Waals surface area (Å²) in [5.41, 5.74) is 0. The van der Waals surface area contributed by atoms with E-state index in [-0.39, 0.29) is 52.5 Å². The number of carboxylic acids is 6. The normalized spacial score (nSPS) is 11.3. The summed E-state index contributed by atoms with van der Waals surface area (Å²) in [6.07, 6.45) is 0. The first-order valence-electron chi connectivity index (χ1n) is 13.7. The summed E-state index contributed by atoms with van der Waals surface area (Å²) in [6, 6.07) is 0. The number of hydrogen-bond donors (Lipinski definition) is 6. The Hall–Kier alpha value is -4.44. The summed E-state index contributed by atoms with van der Waals surface area (Å²) in [7, 11) is 1.62. The largest absolute Gasteiger partial charge is 0.480 e. The standard InChI is InChI=1S/C25H41N5O16/c1-26(6-8-45-24(43)16-29(14-22(39)40)4-2-27(10-18(31)32)11-19(33)34)7-9-46-25(44)17-30(15-23(41)42)5-3-28(12-20(35)36)13-21(37)38/h2-17H2,1H3,(H,31,32)(H,33,34)(H,35,36)(H,37,38)(H,39,40)(H,41,42). The Morgan fingerprint density at radius 2 is 0.609 bits per heavy atom. The molecule has 0 rings (SSSR count). The number of carbonyl (C=O) groups is 8. The number of hydrogen-bond acceptors (Lipinski definition) is 15. The van der Waals surface area contributed by atoms with Crippen LogP contribution in [-0.4, -0.2) is 215 Å². The highest BCUT2D eigenvalue weighted by Crippen LogP contribution is 1.98. The Bertz CT molecular complexity index is 945. The lowest BCUT2D eigenvalue weighted by molar-refractivity contribution is -0.148. The minimum absolute atomic E-state index is 0.121. The molecule has 0 spiro atoms. The van der Waals surface area contributed by atoms with Gasteiger partial charge >= 0.3 is 47.8 Å². The lowest BCUT2D eigenvalue weighted by atomic mass is 10.4. The molecule has 0 aliphatic rings. The Morgan fingerprint density at radius 3 is 0.826 bits per heavy atom. The van der Waals surface area contributed by atoms with Gasteiger partial charge in [-0.15, -0.1) is 0 Å². The van der Waals surface area contributed by atoms with Gasteiger partial charge in [0.2, 0.25) is 0 Å². The first kappa shape index (κ1) is 41.6. The van der Waals surface area contributed by atoms with Crippen molar-refractivity contribution in [3.05, 3.63) is 0 Å². The molecule has 0 heterocycles. The summed E-state index contributed by atoms with van der Waals surface area (Å²) >= 11 is 0. The number of esters is 2. The Labute approximate surface area is 263 Å². The van der Waals surface area contributed by atoms with Crippen molar-refractivity contribution in [2.75, 3.05) is 112 Å². The fourth-order valence-corrected chi connectivity index (χ4v) is 3.77. The number of ether oxygens (including phenoxy) is 2. The Morgan fingerprint density at radius 1 is 0.391 bits per heavy atom. The Balaban J connectivity index is 4.66. The van der Waals surface area contributed by atoms with E-state index in [0.717, 1.165) is 19.6 Å². The SMILES string of the molecule is CN(CCOC(=O)CN(CCN(CC(=O)O)CC(=O)O)CC(=O)O)CCOC(=O)CN(CCN(CC(=O)O)CC(=O)O)CC(=O)O. The molecule has 0 aliphatic heterocycles. The molecule has 6 N–H and O–H groups in total. The maximum atomic E-state index is 12.2. The summed E-state index contributed by atoms with van der Waals surface area (Å²) in [5.74, 6) is -9.22. The van der Waals surface area contributed by atoms with Crippen molar-refractivity contribution in [3.8, 4) is 0 Å². The van der Waals surface area contributed by atoms with E-state index in [1.54, 1.807) is 11.9 Å². The average molecular weight is 668 g/mol. The zero-order valence-corrected chi connectivity index (χ0v) is 25.3. The zero-order chi connectivity index (χ0) is 35.2. The highest BCUT2D eigenvalue weighted by molar-refractivity contribution is 5.75. The third-order valence-electron chi connectivity index (χ3n) is 5.80. The Kier molecular flexibility index (Phi) is 20.8. The van der Waals surface area contributed by atoms with E-state index in [1.807, 2.05) is 0 Å². The predicted molar refractivity (Wildman–Crippen MR) is 151 cm³/mol. The van der Waals surface area contributed by atoms with Crippen LogP contribution in [0.2, 0.25) is 0 Å². The fraction of sp³-hybridized carbons (Fsp3) is 0.680. The van der Waals surface area contributed by atoms with Crippen LogP contribution < -0.4 is 0 Å². The van der Waals surface area contributed by atoms with Crippen LogP contribution in [0.1, 0.15) is 0 Å². The number of likely N-dealkylation sites (N-methyl/N-ethyl adjacent to an activating group) is 1. The van der Waals surface area contributed by atoms with Gasteiger partial charge < -0.3 is 40.1 Å². The van der Waals surface area contributed by atoms with E-state index >= 15 is 0 Å². The second-order valence-corrected chi connectivity index (χ2v) is 9.95. The third kappa shape index (κ3) is 23.9. The summed E-state index contributed by atoms with van der Waals surface area (Å²) in [4.78, 5) is 96.7. The highest BCUT2D eigenvalue weighted by Gasteiger charge is 2.21. The number of nitrogens with zero attached hydrogens (tertiary/aromatic N) is 5. The van der Waals surface area contributed by atoms with Crippen molar-refractivity contribution in [1.82, 2.24) is 24.5 Å². The van der Waals surface area contributed by atoms with Crippen LogP contribution >= 0.6 is 0 Å². The van der Waals surface area contributed by atoms with E-state index in [2.05, 4.69) is 0 Å². The molecule has 0 atom stereocenters. The van der Waals surface area contributed by atoms with Gasteiger partial charge in [-0.25, -0.2) is 0 Å². The van der Waals surface area contributed by atoms with E-state index in [9.17, 15) is 38.4 Å². The molecule has 0 fully saturated rings. The topological polar surface area (TPSA) is 293 Å². The van der Waals surface area contributed by atoms with Crippen molar-refractivity contribution in [1.29, 1.82) is 0 Å².